The van der Waals surface area contributed by atoms with E-state index in [1.807, 2.05) is 6.92 Å². The number of Topliss-reactive ketones (excluding diaryl/α,β-unsaturated/α-hetero) is 1. The zero-order valence-corrected chi connectivity index (χ0v) is 17.7. The van der Waals surface area contributed by atoms with E-state index in [0.717, 1.165) is 16.7 Å². The molecule has 5 rings (SSSR count). The second-order valence-corrected chi connectivity index (χ2v) is 8.04. The number of nitrogens with zero attached hydrogens (tertiary/aromatic N) is 2. The number of benzene rings is 3. The van der Waals surface area contributed by atoms with Crippen molar-refractivity contribution in [2.45, 2.75) is 20.0 Å². The standard InChI is InChI=1S/C25H19FN2O5/c1-15-24-18(13-27(14-32-24)12-17-2-6-19(26)7-3-17)11-21-23(29)22(33-25(15)21)10-16-4-8-20(9-5-16)28(30)31/h2-11H,12-14H2,1H3/b22-10-. The Kier molecular flexibility index (Phi) is 5.14. The first kappa shape index (κ1) is 20.8. The first-order valence-corrected chi connectivity index (χ1v) is 10.3. The number of halogens is 1. The molecule has 7 nitrogen and oxygen atoms in total. The van der Waals surface area contributed by atoms with Gasteiger partial charge in [-0.1, -0.05) is 12.1 Å². The Morgan fingerprint density at radius 2 is 1.85 bits per heavy atom. The average molecular weight is 446 g/mol. The molecule has 0 atom stereocenters. The molecule has 0 radical (unpaired) electrons. The van der Waals surface area contributed by atoms with E-state index in [1.165, 1.54) is 24.3 Å². The van der Waals surface area contributed by atoms with E-state index in [1.54, 1.807) is 36.4 Å². The van der Waals surface area contributed by atoms with E-state index in [9.17, 15) is 19.3 Å². The zero-order valence-electron chi connectivity index (χ0n) is 17.7. The van der Waals surface area contributed by atoms with Gasteiger partial charge in [0.2, 0.25) is 5.78 Å². The van der Waals surface area contributed by atoms with Gasteiger partial charge in [-0.2, -0.15) is 0 Å². The number of hydrogen-bond donors (Lipinski definition) is 0. The van der Waals surface area contributed by atoms with Gasteiger partial charge in [0.25, 0.3) is 5.69 Å². The Bertz CT molecular complexity index is 1300. The minimum atomic E-state index is -0.475. The molecule has 2 aliphatic rings. The number of carbonyl (C=O) groups excluding carboxylic acids is 1. The summed E-state index contributed by atoms with van der Waals surface area (Å²) in [6.45, 7) is 3.39. The maximum Gasteiger partial charge on any atom is 0.269 e. The van der Waals surface area contributed by atoms with Gasteiger partial charge in [0.15, 0.2) is 5.76 Å². The summed E-state index contributed by atoms with van der Waals surface area (Å²) in [5.41, 5.74) is 3.67. The molecule has 0 aromatic heterocycles. The minimum absolute atomic E-state index is 0.0232. The summed E-state index contributed by atoms with van der Waals surface area (Å²) >= 11 is 0. The van der Waals surface area contributed by atoms with Crippen LogP contribution in [0, 0.1) is 22.9 Å². The van der Waals surface area contributed by atoms with Crippen molar-refractivity contribution in [2.24, 2.45) is 0 Å². The maximum atomic E-state index is 13.2. The average Bonchev–Trinajstić information content (AvgIpc) is 3.11. The Hall–Kier alpha value is -4.04. The van der Waals surface area contributed by atoms with E-state index in [2.05, 4.69) is 4.90 Å². The number of nitro groups is 1. The first-order chi connectivity index (χ1) is 15.9. The number of ether oxygens (including phenoxy) is 2. The largest absolute Gasteiger partial charge is 0.477 e. The quantitative estimate of drug-likeness (QED) is 0.318. The molecule has 8 heteroatoms. The number of non-ortho nitro benzene ring substituents is 1. The monoisotopic (exact) mass is 446 g/mol. The molecule has 33 heavy (non-hydrogen) atoms. The lowest BCUT2D eigenvalue weighted by molar-refractivity contribution is -0.384. The van der Waals surface area contributed by atoms with E-state index >= 15 is 0 Å². The van der Waals surface area contributed by atoms with Gasteiger partial charge in [-0.25, -0.2) is 4.39 Å². The Morgan fingerprint density at radius 1 is 1.12 bits per heavy atom. The summed E-state index contributed by atoms with van der Waals surface area (Å²) in [7, 11) is 0. The van der Waals surface area contributed by atoms with Crippen molar-refractivity contribution >= 4 is 17.5 Å². The van der Waals surface area contributed by atoms with E-state index in [0.29, 0.717) is 42.4 Å². The molecule has 0 N–H and O–H groups in total. The Labute approximate surface area is 188 Å². The summed E-state index contributed by atoms with van der Waals surface area (Å²) in [6, 6.07) is 14.0. The van der Waals surface area contributed by atoms with E-state index in [4.69, 9.17) is 9.47 Å². The summed E-state index contributed by atoms with van der Waals surface area (Å²) in [5, 5.41) is 10.8. The van der Waals surface area contributed by atoms with Crippen LogP contribution in [-0.4, -0.2) is 22.3 Å². The molecule has 2 heterocycles. The highest BCUT2D eigenvalue weighted by molar-refractivity contribution is 6.15. The van der Waals surface area contributed by atoms with Crippen molar-refractivity contribution in [1.82, 2.24) is 4.90 Å². The fraction of sp³-hybridized carbons (Fsp3) is 0.160. The summed E-state index contributed by atoms with van der Waals surface area (Å²) in [4.78, 5) is 25.5. The van der Waals surface area contributed by atoms with Crippen LogP contribution >= 0.6 is 0 Å². The molecule has 0 saturated carbocycles. The first-order valence-electron chi connectivity index (χ1n) is 10.3. The van der Waals surface area contributed by atoms with Crippen LogP contribution in [0.1, 0.15) is 32.6 Å². The molecule has 0 aliphatic carbocycles. The lowest BCUT2D eigenvalue weighted by Crippen LogP contribution is -2.32. The molecule has 3 aromatic rings. The molecule has 0 bridgehead atoms. The third-order valence-electron chi connectivity index (χ3n) is 5.72. The summed E-state index contributed by atoms with van der Waals surface area (Å²) in [6.07, 6.45) is 1.58. The molecule has 0 saturated heterocycles. The Balaban J connectivity index is 1.39. The number of nitro benzene ring substituents is 1. The number of rotatable bonds is 4. The van der Waals surface area contributed by atoms with E-state index < -0.39 is 4.92 Å². The van der Waals surface area contributed by atoms with Crippen molar-refractivity contribution in [3.63, 3.8) is 0 Å². The van der Waals surface area contributed by atoms with Gasteiger partial charge in [-0.3, -0.25) is 19.8 Å². The van der Waals surface area contributed by atoms with Gasteiger partial charge in [-0.15, -0.1) is 0 Å². The highest BCUT2D eigenvalue weighted by atomic mass is 19.1. The topological polar surface area (TPSA) is 81.9 Å². The maximum absolute atomic E-state index is 13.2. The molecule has 0 fully saturated rings. The van der Waals surface area contributed by atoms with Gasteiger partial charge in [0.05, 0.1) is 10.5 Å². The number of ketones is 1. The summed E-state index contributed by atoms with van der Waals surface area (Å²) < 4.78 is 25.0. The Morgan fingerprint density at radius 3 is 2.55 bits per heavy atom. The third-order valence-corrected chi connectivity index (χ3v) is 5.72. The highest BCUT2D eigenvalue weighted by Crippen LogP contribution is 2.43. The van der Waals surface area contributed by atoms with Gasteiger partial charge in [-0.05, 0) is 54.5 Å². The van der Waals surface area contributed by atoms with Gasteiger partial charge >= 0.3 is 0 Å². The van der Waals surface area contributed by atoms with Crippen LogP contribution in [0.3, 0.4) is 0 Å². The van der Waals surface area contributed by atoms with Crippen LogP contribution in [0.25, 0.3) is 6.08 Å². The lowest BCUT2D eigenvalue weighted by atomic mass is 10.00. The molecule has 2 aliphatic heterocycles. The molecule has 166 valence electrons. The lowest BCUT2D eigenvalue weighted by Gasteiger charge is -2.30. The molecule has 3 aromatic carbocycles. The second-order valence-electron chi connectivity index (χ2n) is 8.04. The van der Waals surface area contributed by atoms with Crippen molar-refractivity contribution in [3.8, 4) is 11.5 Å². The fourth-order valence-corrected chi connectivity index (χ4v) is 4.09. The van der Waals surface area contributed by atoms with Gasteiger partial charge < -0.3 is 9.47 Å². The molecular formula is C25H19FN2O5. The highest BCUT2D eigenvalue weighted by Gasteiger charge is 2.33. The van der Waals surface area contributed by atoms with Crippen molar-refractivity contribution in [2.75, 3.05) is 6.73 Å². The second kappa shape index (κ2) is 8.14. The number of carbonyl (C=O) groups is 1. The molecule has 0 amide bonds. The summed E-state index contributed by atoms with van der Waals surface area (Å²) in [5.74, 6) is 0.811. The van der Waals surface area contributed by atoms with Crippen LogP contribution in [0.15, 0.2) is 60.4 Å². The SMILES string of the molecule is Cc1c2c(cc3c1O/C(=C\c1ccc([N+](=O)[O-])cc1)C3=O)CN(Cc1ccc(F)cc1)CO2. The van der Waals surface area contributed by atoms with Crippen molar-refractivity contribution < 1.29 is 23.6 Å². The predicted molar refractivity (Wildman–Crippen MR) is 118 cm³/mol. The fourth-order valence-electron chi connectivity index (χ4n) is 4.09. The van der Waals surface area contributed by atoms with Crippen molar-refractivity contribution in [3.05, 3.63) is 104 Å². The molecular weight excluding hydrogens is 427 g/mol. The molecule has 0 unspecified atom stereocenters. The number of hydrogen-bond acceptors (Lipinski definition) is 6. The van der Waals surface area contributed by atoms with Gasteiger partial charge in [0, 0.05) is 36.3 Å². The number of fused-ring (bicyclic) bond motifs is 2. The predicted octanol–water partition coefficient (Wildman–Crippen LogP) is 5.01. The van der Waals surface area contributed by atoms with Crippen LogP contribution in [0.5, 0.6) is 11.5 Å². The third kappa shape index (κ3) is 3.96. The minimum Gasteiger partial charge on any atom is -0.477 e. The van der Waals surface area contributed by atoms with E-state index in [-0.39, 0.29) is 23.0 Å². The van der Waals surface area contributed by atoms with Crippen LogP contribution in [0.2, 0.25) is 0 Å². The van der Waals surface area contributed by atoms with Gasteiger partial charge in [0.1, 0.15) is 24.0 Å². The number of allylic oxidation sites excluding steroid dienone is 1. The molecule has 0 spiro atoms. The van der Waals surface area contributed by atoms with Crippen LogP contribution in [0.4, 0.5) is 10.1 Å². The zero-order chi connectivity index (χ0) is 23.1. The van der Waals surface area contributed by atoms with Crippen LogP contribution < -0.4 is 9.47 Å². The normalized spacial score (nSPS) is 16.2. The van der Waals surface area contributed by atoms with Crippen LogP contribution in [-0.2, 0) is 13.1 Å². The smallest absolute Gasteiger partial charge is 0.269 e. The van der Waals surface area contributed by atoms with Crippen molar-refractivity contribution in [1.29, 1.82) is 0 Å².